The maximum Gasteiger partial charge on any atom is 0.323 e. The van der Waals surface area contributed by atoms with Gasteiger partial charge in [-0.3, -0.25) is 5.10 Å². The van der Waals surface area contributed by atoms with Gasteiger partial charge in [0.25, 0.3) is 0 Å². The molecule has 31 heavy (non-hydrogen) atoms. The molecular formula is C24H19N5O2. The maximum atomic E-state index is 12.3. The number of fused-ring (bicyclic) bond motifs is 1. The van der Waals surface area contributed by atoms with E-state index in [1.165, 1.54) is 0 Å². The fraction of sp³-hybridized carbons (Fsp3) is 0.0417. The molecule has 0 saturated heterocycles. The van der Waals surface area contributed by atoms with Gasteiger partial charge in [-0.15, -0.1) is 0 Å². The molecule has 5 rings (SSSR count). The number of H-pyrrole nitrogens is 1. The van der Waals surface area contributed by atoms with Crippen molar-refractivity contribution in [2.24, 2.45) is 0 Å². The van der Waals surface area contributed by atoms with E-state index >= 15 is 0 Å². The van der Waals surface area contributed by atoms with E-state index in [9.17, 15) is 4.79 Å². The first-order chi connectivity index (χ1) is 15.2. The van der Waals surface area contributed by atoms with Crippen LogP contribution in [0.25, 0.3) is 33.8 Å². The van der Waals surface area contributed by atoms with Crippen LogP contribution in [0.15, 0.2) is 83.4 Å². The van der Waals surface area contributed by atoms with E-state index in [0.29, 0.717) is 17.3 Å². The summed E-state index contributed by atoms with van der Waals surface area (Å²) >= 11 is 0. The number of aromatic nitrogens is 3. The maximum absolute atomic E-state index is 12.3. The number of amides is 2. The number of carbonyl (C=O) groups is 1. The van der Waals surface area contributed by atoms with Crippen LogP contribution in [0.5, 0.6) is 0 Å². The van der Waals surface area contributed by atoms with Crippen LogP contribution in [0, 0.1) is 6.92 Å². The van der Waals surface area contributed by atoms with E-state index in [2.05, 4.69) is 25.8 Å². The van der Waals surface area contributed by atoms with Crippen molar-refractivity contribution < 1.29 is 9.21 Å². The number of hydrogen-bond donors (Lipinski definition) is 3. The topological polar surface area (TPSA) is 95.8 Å². The van der Waals surface area contributed by atoms with Crippen LogP contribution in [0.2, 0.25) is 0 Å². The molecule has 0 aliphatic rings. The van der Waals surface area contributed by atoms with E-state index in [0.717, 1.165) is 33.5 Å². The zero-order valence-electron chi connectivity index (χ0n) is 16.7. The average molecular weight is 409 g/mol. The molecule has 2 heterocycles. The van der Waals surface area contributed by atoms with Crippen molar-refractivity contribution in [2.75, 3.05) is 10.6 Å². The van der Waals surface area contributed by atoms with Crippen LogP contribution in [-0.4, -0.2) is 21.2 Å². The second-order valence-corrected chi connectivity index (χ2v) is 7.16. The highest BCUT2D eigenvalue weighted by atomic mass is 16.3. The molecule has 2 amide bonds. The number of oxazole rings is 1. The third-order valence-corrected chi connectivity index (χ3v) is 4.84. The van der Waals surface area contributed by atoms with Crippen LogP contribution < -0.4 is 10.6 Å². The quantitative estimate of drug-likeness (QED) is 0.348. The minimum atomic E-state index is -0.320. The molecule has 0 bridgehead atoms. The molecule has 0 atom stereocenters. The summed E-state index contributed by atoms with van der Waals surface area (Å²) in [6, 6.07) is 22.3. The van der Waals surface area contributed by atoms with Gasteiger partial charge < -0.3 is 15.1 Å². The Kier molecular flexibility index (Phi) is 4.68. The summed E-state index contributed by atoms with van der Waals surface area (Å²) in [4.78, 5) is 16.9. The Bertz CT molecular complexity index is 1370. The summed E-state index contributed by atoms with van der Waals surface area (Å²) in [6.07, 6.45) is 1.76. The molecule has 0 aliphatic heterocycles. The second-order valence-electron chi connectivity index (χ2n) is 7.16. The Morgan fingerprint density at radius 1 is 0.935 bits per heavy atom. The molecule has 5 aromatic rings. The van der Waals surface area contributed by atoms with Crippen molar-refractivity contribution in [1.82, 2.24) is 15.2 Å². The lowest BCUT2D eigenvalue weighted by Gasteiger charge is -2.09. The average Bonchev–Trinajstić information content (AvgIpc) is 3.41. The molecule has 152 valence electrons. The van der Waals surface area contributed by atoms with Gasteiger partial charge in [-0.05, 0) is 48.9 Å². The van der Waals surface area contributed by atoms with Gasteiger partial charge in [0, 0.05) is 23.1 Å². The number of urea groups is 1. The number of nitrogens with zero attached hydrogens (tertiary/aromatic N) is 2. The fourth-order valence-electron chi connectivity index (χ4n) is 3.38. The second kappa shape index (κ2) is 7.79. The van der Waals surface area contributed by atoms with E-state index < -0.39 is 0 Å². The number of carbonyl (C=O) groups excluding carboxylic acids is 1. The first kappa shape index (κ1) is 18.6. The van der Waals surface area contributed by atoms with E-state index in [4.69, 9.17) is 4.42 Å². The summed E-state index contributed by atoms with van der Waals surface area (Å²) in [6.45, 7) is 2.02. The van der Waals surface area contributed by atoms with Gasteiger partial charge >= 0.3 is 6.03 Å². The summed E-state index contributed by atoms with van der Waals surface area (Å²) in [5.74, 6) is 0.490. The highest BCUT2D eigenvalue weighted by Crippen LogP contribution is 2.33. The lowest BCUT2D eigenvalue weighted by atomic mass is 10.1. The molecule has 3 N–H and O–H groups in total. The summed E-state index contributed by atoms with van der Waals surface area (Å²) < 4.78 is 5.94. The van der Waals surface area contributed by atoms with Gasteiger partial charge in [0.15, 0.2) is 5.58 Å². The van der Waals surface area contributed by atoms with Crippen molar-refractivity contribution in [3.05, 3.63) is 84.6 Å². The minimum absolute atomic E-state index is 0.320. The van der Waals surface area contributed by atoms with Crippen LogP contribution in [-0.2, 0) is 0 Å². The number of benzene rings is 3. The predicted molar refractivity (Wildman–Crippen MR) is 121 cm³/mol. The van der Waals surface area contributed by atoms with Crippen molar-refractivity contribution in [3.63, 3.8) is 0 Å². The number of hydrogen-bond acceptors (Lipinski definition) is 4. The van der Waals surface area contributed by atoms with Gasteiger partial charge in [-0.25, -0.2) is 9.78 Å². The Morgan fingerprint density at radius 3 is 2.61 bits per heavy atom. The number of nitrogens with one attached hydrogen (secondary N) is 3. The van der Waals surface area contributed by atoms with Crippen LogP contribution >= 0.6 is 0 Å². The highest BCUT2D eigenvalue weighted by molar-refractivity contribution is 6.00. The Labute approximate surface area is 178 Å². The highest BCUT2D eigenvalue weighted by Gasteiger charge is 2.17. The molecule has 0 unspecified atom stereocenters. The Hall–Kier alpha value is -4.39. The Morgan fingerprint density at radius 2 is 1.74 bits per heavy atom. The third-order valence-electron chi connectivity index (χ3n) is 4.84. The SMILES string of the molecule is Cc1ccc2oc(-c3c[nH]nc3-c3cccc(NC(=O)Nc4ccccc4)c3)nc2c1. The molecule has 0 aliphatic carbocycles. The molecule has 0 saturated carbocycles. The third kappa shape index (κ3) is 3.89. The summed E-state index contributed by atoms with van der Waals surface area (Å²) in [5.41, 5.74) is 6.27. The molecule has 0 spiro atoms. The van der Waals surface area contributed by atoms with Crippen molar-refractivity contribution in [3.8, 4) is 22.7 Å². The normalized spacial score (nSPS) is 10.9. The van der Waals surface area contributed by atoms with Gasteiger partial charge in [-0.2, -0.15) is 5.10 Å². The molecule has 7 heteroatoms. The zero-order valence-corrected chi connectivity index (χ0v) is 16.7. The first-order valence-electron chi connectivity index (χ1n) is 9.80. The van der Waals surface area contributed by atoms with Gasteiger partial charge in [0.2, 0.25) is 5.89 Å². The lowest BCUT2D eigenvalue weighted by molar-refractivity contribution is 0.262. The first-order valence-corrected chi connectivity index (χ1v) is 9.80. The number of para-hydroxylation sites is 1. The predicted octanol–water partition coefficient (Wildman–Crippen LogP) is 5.84. The standard InChI is InChI=1S/C24H19N5O2/c1-15-10-11-21-20(12-15)28-23(31-21)19-14-25-29-22(19)16-6-5-9-18(13-16)27-24(30)26-17-7-3-2-4-8-17/h2-14H,1H3,(H,25,29)(H2,26,27,30). The van der Waals surface area contributed by atoms with Gasteiger partial charge in [-0.1, -0.05) is 36.4 Å². The summed E-state index contributed by atoms with van der Waals surface area (Å²) in [7, 11) is 0. The van der Waals surface area contributed by atoms with Gasteiger partial charge in [0.1, 0.15) is 11.2 Å². The van der Waals surface area contributed by atoms with Crippen LogP contribution in [0.4, 0.5) is 16.2 Å². The van der Waals surface area contributed by atoms with Crippen molar-refractivity contribution >= 4 is 28.5 Å². The number of aryl methyl sites for hydroxylation is 1. The number of anilines is 2. The number of rotatable bonds is 4. The summed E-state index contributed by atoms with van der Waals surface area (Å²) in [5, 5.41) is 12.9. The van der Waals surface area contributed by atoms with Crippen molar-refractivity contribution in [1.29, 1.82) is 0 Å². The molecule has 0 radical (unpaired) electrons. The molecule has 0 fully saturated rings. The molecular weight excluding hydrogens is 390 g/mol. The van der Waals surface area contributed by atoms with Crippen LogP contribution in [0.1, 0.15) is 5.56 Å². The number of aromatic amines is 1. The van der Waals surface area contributed by atoms with E-state index in [-0.39, 0.29) is 6.03 Å². The Balaban J connectivity index is 1.41. The van der Waals surface area contributed by atoms with E-state index in [1.54, 1.807) is 6.20 Å². The van der Waals surface area contributed by atoms with Gasteiger partial charge in [0.05, 0.1) is 5.56 Å². The lowest BCUT2D eigenvalue weighted by Crippen LogP contribution is -2.19. The molecule has 7 nitrogen and oxygen atoms in total. The molecule has 3 aromatic carbocycles. The van der Waals surface area contributed by atoms with Crippen molar-refractivity contribution in [2.45, 2.75) is 6.92 Å². The monoisotopic (exact) mass is 409 g/mol. The minimum Gasteiger partial charge on any atom is -0.436 e. The fourth-order valence-corrected chi connectivity index (χ4v) is 3.38. The zero-order chi connectivity index (χ0) is 21.2. The smallest absolute Gasteiger partial charge is 0.323 e. The largest absolute Gasteiger partial charge is 0.436 e. The van der Waals surface area contributed by atoms with E-state index in [1.807, 2.05) is 79.7 Å². The van der Waals surface area contributed by atoms with Crippen LogP contribution in [0.3, 0.4) is 0 Å². The molecule has 2 aromatic heterocycles.